The Hall–Kier alpha value is -1.00. The van der Waals surface area contributed by atoms with Crippen LogP contribution in [0.4, 0.5) is 5.69 Å². The number of thioether (sulfide) groups is 1. The number of benzene rings is 1. The molecule has 1 aliphatic carbocycles. The molecule has 3 nitrogen and oxygen atoms in total. The molecule has 2 rings (SSSR count). The van der Waals surface area contributed by atoms with Gasteiger partial charge in [-0.1, -0.05) is 19.3 Å². The number of rotatable bonds is 4. The van der Waals surface area contributed by atoms with E-state index in [2.05, 4.69) is 17.4 Å². The van der Waals surface area contributed by atoms with Gasteiger partial charge >= 0.3 is 0 Å². The SMILES string of the molecule is Cc1cc(SC2CCCCC2)ccc1NC(=O)[C@H](C)N. The second-order valence-electron chi connectivity index (χ2n) is 5.63. The minimum absolute atomic E-state index is 0.138. The smallest absolute Gasteiger partial charge is 0.241 e. The Morgan fingerprint density at radius 1 is 1.35 bits per heavy atom. The molecule has 1 atom stereocenters. The van der Waals surface area contributed by atoms with Crippen molar-refractivity contribution in [1.29, 1.82) is 0 Å². The van der Waals surface area contributed by atoms with E-state index in [1.54, 1.807) is 6.92 Å². The van der Waals surface area contributed by atoms with Gasteiger partial charge in [0.15, 0.2) is 0 Å². The summed E-state index contributed by atoms with van der Waals surface area (Å²) in [6, 6.07) is 5.77. The Kier molecular flexibility index (Phi) is 5.49. The third-order valence-corrected chi connectivity index (χ3v) is 5.06. The Bertz CT molecular complexity index is 468. The van der Waals surface area contributed by atoms with Crippen molar-refractivity contribution >= 4 is 23.4 Å². The summed E-state index contributed by atoms with van der Waals surface area (Å²) in [4.78, 5) is 12.9. The molecule has 0 unspecified atom stereocenters. The molecule has 0 heterocycles. The highest BCUT2D eigenvalue weighted by Crippen LogP contribution is 2.34. The highest BCUT2D eigenvalue weighted by atomic mass is 32.2. The maximum atomic E-state index is 11.6. The van der Waals surface area contributed by atoms with Crippen LogP contribution >= 0.6 is 11.8 Å². The molecule has 1 amide bonds. The van der Waals surface area contributed by atoms with Crippen molar-refractivity contribution in [2.75, 3.05) is 5.32 Å². The van der Waals surface area contributed by atoms with Gasteiger partial charge in [-0.2, -0.15) is 0 Å². The number of carbonyl (C=O) groups excluding carboxylic acids is 1. The van der Waals surface area contributed by atoms with Crippen LogP contribution < -0.4 is 11.1 Å². The number of hydrogen-bond acceptors (Lipinski definition) is 3. The van der Waals surface area contributed by atoms with Crippen LogP contribution in [-0.2, 0) is 4.79 Å². The van der Waals surface area contributed by atoms with Crippen LogP contribution in [0.1, 0.15) is 44.6 Å². The number of nitrogens with two attached hydrogens (primary N) is 1. The quantitative estimate of drug-likeness (QED) is 0.889. The van der Waals surface area contributed by atoms with Crippen LogP contribution in [0.25, 0.3) is 0 Å². The zero-order valence-electron chi connectivity index (χ0n) is 12.3. The van der Waals surface area contributed by atoms with Crippen LogP contribution in [0.2, 0.25) is 0 Å². The van der Waals surface area contributed by atoms with Crippen molar-refractivity contribution in [3.63, 3.8) is 0 Å². The fourth-order valence-corrected chi connectivity index (χ4v) is 3.82. The van der Waals surface area contributed by atoms with Gasteiger partial charge in [-0.25, -0.2) is 0 Å². The van der Waals surface area contributed by atoms with Gasteiger partial charge in [-0.15, -0.1) is 11.8 Å². The largest absolute Gasteiger partial charge is 0.325 e. The highest BCUT2D eigenvalue weighted by Gasteiger charge is 2.15. The van der Waals surface area contributed by atoms with E-state index >= 15 is 0 Å². The third kappa shape index (κ3) is 4.25. The molecule has 110 valence electrons. The number of amides is 1. The molecule has 0 saturated heterocycles. The molecular formula is C16H24N2OS. The summed E-state index contributed by atoms with van der Waals surface area (Å²) in [6.07, 6.45) is 6.76. The molecule has 4 heteroatoms. The Morgan fingerprint density at radius 2 is 2.05 bits per heavy atom. The predicted molar refractivity (Wildman–Crippen MR) is 86.2 cm³/mol. The first-order valence-electron chi connectivity index (χ1n) is 7.40. The van der Waals surface area contributed by atoms with E-state index in [9.17, 15) is 4.79 Å². The monoisotopic (exact) mass is 292 g/mol. The minimum Gasteiger partial charge on any atom is -0.325 e. The molecule has 1 saturated carbocycles. The van der Waals surface area contributed by atoms with Gasteiger partial charge in [0.2, 0.25) is 5.91 Å². The number of anilines is 1. The van der Waals surface area contributed by atoms with E-state index in [4.69, 9.17) is 5.73 Å². The van der Waals surface area contributed by atoms with E-state index in [0.717, 1.165) is 16.5 Å². The summed E-state index contributed by atoms with van der Waals surface area (Å²) >= 11 is 1.98. The number of hydrogen-bond donors (Lipinski definition) is 2. The molecule has 1 fully saturated rings. The van der Waals surface area contributed by atoms with E-state index in [-0.39, 0.29) is 5.91 Å². The van der Waals surface area contributed by atoms with Crippen molar-refractivity contribution in [3.8, 4) is 0 Å². The molecule has 0 aliphatic heterocycles. The molecule has 0 bridgehead atoms. The average molecular weight is 292 g/mol. The lowest BCUT2D eigenvalue weighted by Crippen LogP contribution is -2.32. The summed E-state index contributed by atoms with van der Waals surface area (Å²) < 4.78 is 0. The number of aryl methyl sites for hydroxylation is 1. The van der Waals surface area contributed by atoms with Gasteiger partial charge in [-0.3, -0.25) is 4.79 Å². The van der Waals surface area contributed by atoms with Gasteiger partial charge in [-0.05, 0) is 50.5 Å². The van der Waals surface area contributed by atoms with Crippen molar-refractivity contribution < 1.29 is 4.79 Å². The lowest BCUT2D eigenvalue weighted by molar-refractivity contribution is -0.117. The van der Waals surface area contributed by atoms with Crippen molar-refractivity contribution in [2.24, 2.45) is 5.73 Å². The third-order valence-electron chi connectivity index (χ3n) is 3.72. The Balaban J connectivity index is 1.99. The molecule has 0 radical (unpaired) electrons. The first-order chi connectivity index (χ1) is 9.56. The Labute approximate surface area is 125 Å². The first-order valence-corrected chi connectivity index (χ1v) is 8.28. The fraction of sp³-hybridized carbons (Fsp3) is 0.562. The maximum Gasteiger partial charge on any atom is 0.241 e. The van der Waals surface area contributed by atoms with Gasteiger partial charge in [0.25, 0.3) is 0 Å². The first kappa shape index (κ1) is 15.4. The number of carbonyl (C=O) groups is 1. The van der Waals surface area contributed by atoms with Crippen LogP contribution in [0.15, 0.2) is 23.1 Å². The van der Waals surface area contributed by atoms with E-state index in [1.165, 1.54) is 37.0 Å². The van der Waals surface area contributed by atoms with Crippen molar-refractivity contribution in [2.45, 2.75) is 62.1 Å². The summed E-state index contributed by atoms with van der Waals surface area (Å²) in [5.74, 6) is -0.138. The lowest BCUT2D eigenvalue weighted by Gasteiger charge is -2.21. The summed E-state index contributed by atoms with van der Waals surface area (Å²) in [6.45, 7) is 3.72. The minimum atomic E-state index is -0.481. The van der Waals surface area contributed by atoms with Gasteiger partial charge in [0.1, 0.15) is 0 Å². The standard InChI is InChI=1S/C16H24N2OS/c1-11-10-14(20-13-6-4-3-5-7-13)8-9-15(11)18-16(19)12(2)17/h8-10,12-13H,3-7,17H2,1-2H3,(H,18,19)/t12-/m0/s1. The molecule has 20 heavy (non-hydrogen) atoms. The topological polar surface area (TPSA) is 55.1 Å². The highest BCUT2D eigenvalue weighted by molar-refractivity contribution is 8.00. The Morgan fingerprint density at radius 3 is 2.65 bits per heavy atom. The maximum absolute atomic E-state index is 11.6. The summed E-state index contributed by atoms with van der Waals surface area (Å²) in [7, 11) is 0. The fourth-order valence-electron chi connectivity index (χ4n) is 2.47. The van der Waals surface area contributed by atoms with Crippen LogP contribution in [0.5, 0.6) is 0 Å². The van der Waals surface area contributed by atoms with Gasteiger partial charge in [0, 0.05) is 15.8 Å². The van der Waals surface area contributed by atoms with Gasteiger partial charge < -0.3 is 11.1 Å². The normalized spacial score (nSPS) is 17.8. The second kappa shape index (κ2) is 7.14. The van der Waals surface area contributed by atoms with E-state index in [1.807, 2.05) is 24.8 Å². The zero-order chi connectivity index (χ0) is 14.5. The molecule has 1 aromatic rings. The lowest BCUT2D eigenvalue weighted by atomic mass is 10.0. The summed E-state index contributed by atoms with van der Waals surface area (Å²) in [5.41, 5.74) is 7.53. The molecule has 0 spiro atoms. The molecule has 3 N–H and O–H groups in total. The summed E-state index contributed by atoms with van der Waals surface area (Å²) in [5, 5.41) is 3.62. The predicted octanol–water partition coefficient (Wildman–Crippen LogP) is 3.71. The molecule has 0 aromatic heterocycles. The van der Waals surface area contributed by atoms with Crippen LogP contribution in [0.3, 0.4) is 0 Å². The van der Waals surface area contributed by atoms with Crippen molar-refractivity contribution in [3.05, 3.63) is 23.8 Å². The average Bonchev–Trinajstić information content (AvgIpc) is 2.42. The molecular weight excluding hydrogens is 268 g/mol. The van der Waals surface area contributed by atoms with E-state index < -0.39 is 6.04 Å². The zero-order valence-corrected chi connectivity index (χ0v) is 13.1. The molecule has 1 aromatic carbocycles. The molecule has 1 aliphatic rings. The number of nitrogens with one attached hydrogen (secondary N) is 1. The van der Waals surface area contributed by atoms with Crippen molar-refractivity contribution in [1.82, 2.24) is 0 Å². The van der Waals surface area contributed by atoms with Gasteiger partial charge in [0.05, 0.1) is 6.04 Å². The van der Waals surface area contributed by atoms with E-state index in [0.29, 0.717) is 0 Å². The second-order valence-corrected chi connectivity index (χ2v) is 7.01. The van der Waals surface area contributed by atoms with Crippen LogP contribution in [-0.4, -0.2) is 17.2 Å². The van der Waals surface area contributed by atoms with Crippen LogP contribution in [0, 0.1) is 6.92 Å².